The summed E-state index contributed by atoms with van der Waals surface area (Å²) < 4.78 is 10.5. The zero-order valence-corrected chi connectivity index (χ0v) is 13.1. The molecule has 1 unspecified atom stereocenters. The van der Waals surface area contributed by atoms with E-state index < -0.39 is 0 Å². The highest BCUT2D eigenvalue weighted by molar-refractivity contribution is 14.0. The van der Waals surface area contributed by atoms with Crippen LogP contribution >= 0.6 is 24.0 Å². The maximum Gasteiger partial charge on any atom is 0.189 e. The minimum Gasteiger partial charge on any atom is -0.383 e. The number of hydrogen-bond acceptors (Lipinski definition) is 3. The summed E-state index contributed by atoms with van der Waals surface area (Å²) in [6, 6.07) is 0.510. The standard InChI is InChI=1S/C11H23N3O2.HI/c1-4-16-10-5-9(6-10)14-11(12)13-8(2)7-15-3;/h8-10H,4-7H2,1-3H3,(H3,12,13,14);1H. The number of aliphatic imine (C=N–C) groups is 1. The third-order valence-corrected chi connectivity index (χ3v) is 2.60. The second kappa shape index (κ2) is 8.93. The van der Waals surface area contributed by atoms with Gasteiger partial charge in [0.25, 0.3) is 0 Å². The van der Waals surface area contributed by atoms with E-state index >= 15 is 0 Å². The minimum atomic E-state index is 0. The van der Waals surface area contributed by atoms with Crippen LogP contribution < -0.4 is 11.1 Å². The van der Waals surface area contributed by atoms with Gasteiger partial charge in [-0.05, 0) is 26.7 Å². The Balaban J connectivity index is 0.00000256. The van der Waals surface area contributed by atoms with Gasteiger partial charge in [-0.1, -0.05) is 0 Å². The van der Waals surface area contributed by atoms with E-state index in [4.69, 9.17) is 15.2 Å². The van der Waals surface area contributed by atoms with Crippen molar-refractivity contribution in [2.75, 3.05) is 20.3 Å². The first-order valence-electron chi connectivity index (χ1n) is 5.86. The minimum absolute atomic E-state index is 0. The third-order valence-electron chi connectivity index (χ3n) is 2.60. The molecule has 0 amide bonds. The van der Waals surface area contributed by atoms with E-state index in [1.54, 1.807) is 7.11 Å². The zero-order chi connectivity index (χ0) is 12.0. The van der Waals surface area contributed by atoms with Crippen molar-refractivity contribution in [3.05, 3.63) is 0 Å². The van der Waals surface area contributed by atoms with Gasteiger partial charge in [0, 0.05) is 19.8 Å². The van der Waals surface area contributed by atoms with Crippen molar-refractivity contribution >= 4 is 29.9 Å². The maximum absolute atomic E-state index is 5.78. The van der Waals surface area contributed by atoms with Gasteiger partial charge in [0.1, 0.15) is 0 Å². The van der Waals surface area contributed by atoms with Gasteiger partial charge in [-0.2, -0.15) is 0 Å². The van der Waals surface area contributed by atoms with Crippen LogP contribution in [0.5, 0.6) is 0 Å². The molecule has 0 aromatic heterocycles. The number of ether oxygens (including phenoxy) is 2. The number of rotatable bonds is 6. The molecule has 1 saturated carbocycles. The number of methoxy groups -OCH3 is 1. The largest absolute Gasteiger partial charge is 0.383 e. The van der Waals surface area contributed by atoms with Crippen molar-refractivity contribution in [3.63, 3.8) is 0 Å². The number of hydrogen-bond donors (Lipinski definition) is 2. The molecule has 0 radical (unpaired) electrons. The van der Waals surface area contributed by atoms with E-state index in [1.165, 1.54) is 0 Å². The van der Waals surface area contributed by atoms with Crippen LogP contribution in [0.4, 0.5) is 0 Å². The molecule has 1 aliphatic carbocycles. The molecule has 0 heterocycles. The smallest absolute Gasteiger partial charge is 0.189 e. The zero-order valence-electron chi connectivity index (χ0n) is 10.8. The van der Waals surface area contributed by atoms with Crippen molar-refractivity contribution < 1.29 is 9.47 Å². The van der Waals surface area contributed by atoms with E-state index in [9.17, 15) is 0 Å². The fourth-order valence-corrected chi connectivity index (χ4v) is 1.79. The average molecular weight is 357 g/mol. The Hall–Kier alpha value is -0.0800. The predicted molar refractivity (Wildman–Crippen MR) is 79.9 cm³/mol. The summed E-state index contributed by atoms with van der Waals surface area (Å²) >= 11 is 0. The van der Waals surface area contributed by atoms with Crippen LogP contribution in [0.25, 0.3) is 0 Å². The molecule has 0 aromatic carbocycles. The van der Waals surface area contributed by atoms with Crippen molar-refractivity contribution in [1.82, 2.24) is 5.32 Å². The van der Waals surface area contributed by atoms with Gasteiger partial charge >= 0.3 is 0 Å². The van der Waals surface area contributed by atoms with Gasteiger partial charge in [-0.15, -0.1) is 24.0 Å². The van der Waals surface area contributed by atoms with Gasteiger partial charge in [0.05, 0.1) is 18.8 Å². The molecule has 17 heavy (non-hydrogen) atoms. The Morgan fingerprint density at radius 3 is 2.71 bits per heavy atom. The first kappa shape index (κ1) is 16.9. The highest BCUT2D eigenvalue weighted by atomic mass is 127. The molecule has 1 rings (SSSR count). The Morgan fingerprint density at radius 2 is 2.18 bits per heavy atom. The van der Waals surface area contributed by atoms with Crippen LogP contribution in [0.2, 0.25) is 0 Å². The Morgan fingerprint density at radius 1 is 1.53 bits per heavy atom. The lowest BCUT2D eigenvalue weighted by atomic mass is 9.90. The summed E-state index contributed by atoms with van der Waals surface area (Å²) in [5.41, 5.74) is 5.78. The first-order chi connectivity index (χ1) is 7.65. The van der Waals surface area contributed by atoms with E-state index in [1.807, 2.05) is 13.8 Å². The van der Waals surface area contributed by atoms with Crippen LogP contribution in [0.1, 0.15) is 26.7 Å². The SMILES string of the molecule is CCOC1CC(N=C(N)NC(C)COC)C1.I. The monoisotopic (exact) mass is 357 g/mol. The highest BCUT2D eigenvalue weighted by Gasteiger charge is 2.29. The lowest BCUT2D eigenvalue weighted by Gasteiger charge is -2.32. The van der Waals surface area contributed by atoms with E-state index in [0.29, 0.717) is 24.7 Å². The first-order valence-corrected chi connectivity index (χ1v) is 5.86. The van der Waals surface area contributed by atoms with Crippen molar-refractivity contribution in [2.45, 2.75) is 44.9 Å². The summed E-state index contributed by atoms with van der Waals surface area (Å²) in [5, 5.41) is 3.09. The molecule has 5 nitrogen and oxygen atoms in total. The summed E-state index contributed by atoms with van der Waals surface area (Å²) in [6.45, 7) is 5.43. The summed E-state index contributed by atoms with van der Waals surface area (Å²) in [7, 11) is 1.67. The van der Waals surface area contributed by atoms with Crippen LogP contribution in [-0.2, 0) is 9.47 Å². The normalized spacial score (nSPS) is 25.7. The van der Waals surface area contributed by atoms with Crippen molar-refractivity contribution in [3.8, 4) is 0 Å². The van der Waals surface area contributed by atoms with Crippen LogP contribution in [-0.4, -0.2) is 44.5 Å². The predicted octanol–water partition coefficient (Wildman–Crippen LogP) is 1.11. The average Bonchev–Trinajstić information content (AvgIpc) is 2.14. The molecule has 1 aliphatic rings. The highest BCUT2D eigenvalue weighted by Crippen LogP contribution is 2.25. The van der Waals surface area contributed by atoms with Crippen LogP contribution in [0.15, 0.2) is 4.99 Å². The third kappa shape index (κ3) is 6.42. The molecule has 0 saturated heterocycles. The van der Waals surface area contributed by atoms with E-state index in [2.05, 4.69) is 10.3 Å². The van der Waals surface area contributed by atoms with Gasteiger partial charge in [0.15, 0.2) is 5.96 Å². The maximum atomic E-state index is 5.78. The molecular formula is C11H24IN3O2. The molecule has 0 spiro atoms. The fourth-order valence-electron chi connectivity index (χ4n) is 1.79. The van der Waals surface area contributed by atoms with Gasteiger partial charge in [-0.3, -0.25) is 0 Å². The number of halogens is 1. The molecule has 6 heteroatoms. The molecule has 102 valence electrons. The topological polar surface area (TPSA) is 68.9 Å². The van der Waals surface area contributed by atoms with Gasteiger partial charge in [-0.25, -0.2) is 4.99 Å². The second-order valence-corrected chi connectivity index (χ2v) is 4.22. The number of nitrogens with two attached hydrogens (primary N) is 1. The molecule has 0 aliphatic heterocycles. The van der Waals surface area contributed by atoms with Gasteiger partial charge in [0.2, 0.25) is 0 Å². The number of nitrogens with zero attached hydrogens (tertiary/aromatic N) is 1. The molecule has 3 N–H and O–H groups in total. The summed E-state index contributed by atoms with van der Waals surface area (Å²) in [4.78, 5) is 4.38. The van der Waals surface area contributed by atoms with E-state index in [-0.39, 0.29) is 30.0 Å². The summed E-state index contributed by atoms with van der Waals surface area (Å²) in [6.07, 6.45) is 2.34. The van der Waals surface area contributed by atoms with E-state index in [0.717, 1.165) is 19.4 Å². The quantitative estimate of drug-likeness (QED) is 0.425. The molecule has 0 aromatic rings. The van der Waals surface area contributed by atoms with Gasteiger partial charge < -0.3 is 20.5 Å². The molecular weight excluding hydrogens is 333 g/mol. The Kier molecular flexibility index (Phi) is 8.89. The number of nitrogens with one attached hydrogen (secondary N) is 1. The fraction of sp³-hybridized carbons (Fsp3) is 0.909. The molecule has 1 atom stereocenters. The molecule has 0 bridgehead atoms. The van der Waals surface area contributed by atoms with Crippen LogP contribution in [0.3, 0.4) is 0 Å². The summed E-state index contributed by atoms with van der Waals surface area (Å²) in [5.74, 6) is 0.504. The van der Waals surface area contributed by atoms with Crippen LogP contribution in [0, 0.1) is 0 Å². The molecule has 1 fully saturated rings. The lowest BCUT2D eigenvalue weighted by Crippen LogP contribution is -2.43. The Labute approximate surface area is 121 Å². The second-order valence-electron chi connectivity index (χ2n) is 4.22. The number of guanidine groups is 1. The Bertz CT molecular complexity index is 233. The lowest BCUT2D eigenvalue weighted by molar-refractivity contribution is -0.000791. The van der Waals surface area contributed by atoms with Crippen molar-refractivity contribution in [2.24, 2.45) is 10.7 Å². The van der Waals surface area contributed by atoms with Crippen molar-refractivity contribution in [1.29, 1.82) is 0 Å².